The number of carboxylic acid groups (broad SMARTS) is 2. The average Bonchev–Trinajstić information content (AvgIpc) is 2.27. The van der Waals surface area contributed by atoms with Crippen LogP contribution in [-0.4, -0.2) is 47.2 Å². The minimum absolute atomic E-state index is 0. The van der Waals surface area contributed by atoms with Crippen LogP contribution in [0.3, 0.4) is 0 Å². The summed E-state index contributed by atoms with van der Waals surface area (Å²) in [6, 6.07) is -0.731. The van der Waals surface area contributed by atoms with Crippen LogP contribution in [0.1, 0.15) is 6.92 Å². The average molecular weight is 325 g/mol. The first kappa shape index (κ1) is 25.9. The summed E-state index contributed by atoms with van der Waals surface area (Å²) in [4.78, 5) is 37.5. The van der Waals surface area contributed by atoms with Gasteiger partial charge in [0.15, 0.2) is 0 Å². The number of rotatable bonds is 4. The van der Waals surface area contributed by atoms with Crippen LogP contribution >= 0.6 is 0 Å². The zero-order valence-corrected chi connectivity index (χ0v) is 10.9. The van der Waals surface area contributed by atoms with Crippen molar-refractivity contribution in [1.29, 1.82) is 0 Å². The van der Waals surface area contributed by atoms with E-state index in [0.717, 1.165) is 5.34 Å². The zero-order valence-electron chi connectivity index (χ0n) is 9.81. The van der Waals surface area contributed by atoms with E-state index in [-0.39, 0.29) is 23.3 Å². The second-order valence-corrected chi connectivity index (χ2v) is 2.51. The number of hydrogen-bond donors (Lipinski definition) is 4. The Kier molecular flexibility index (Phi) is 25.4. The second-order valence-electron chi connectivity index (χ2n) is 2.51. The van der Waals surface area contributed by atoms with Crippen molar-refractivity contribution >= 4 is 17.8 Å². The van der Waals surface area contributed by atoms with Crippen LogP contribution in [0.5, 0.6) is 0 Å². The first-order chi connectivity index (χ1) is 8.22. The Hall–Kier alpha value is -1.76. The van der Waals surface area contributed by atoms with Crippen molar-refractivity contribution in [1.82, 2.24) is 0 Å². The monoisotopic (exact) mass is 325 g/mol. The summed E-state index contributed by atoms with van der Waals surface area (Å²) < 4.78 is 0. The molecule has 1 unspecified atom stereocenters. The molecule has 12 heteroatoms. The molecule has 0 rings (SSSR count). The Labute approximate surface area is 118 Å². The minimum atomic E-state index is -1.13. The van der Waals surface area contributed by atoms with Gasteiger partial charge in [0.25, 0.3) is 5.97 Å². The summed E-state index contributed by atoms with van der Waals surface area (Å²) in [7, 11) is 0. The second kappa shape index (κ2) is 18.6. The molecule has 0 saturated heterocycles. The van der Waals surface area contributed by atoms with Crippen molar-refractivity contribution in [2.45, 2.75) is 13.0 Å². The number of carbonyl (C=O) groups is 3. The SMILES string of the molecule is CC(N)C(=O)O.NCC(=O)[N-]CC(=O)O.O=N[O-].[Co+2]. The summed E-state index contributed by atoms with van der Waals surface area (Å²) >= 11 is 0. The van der Waals surface area contributed by atoms with E-state index in [4.69, 9.17) is 31.8 Å². The molecular formula is C7H14CoN4O7. The minimum Gasteiger partial charge on any atom is -0.643 e. The van der Waals surface area contributed by atoms with Crippen molar-refractivity contribution in [2.24, 2.45) is 16.8 Å². The van der Waals surface area contributed by atoms with Gasteiger partial charge in [0, 0.05) is 6.54 Å². The molecule has 1 amide bonds. The first-order valence-electron chi connectivity index (χ1n) is 4.28. The molecule has 113 valence electrons. The Morgan fingerprint density at radius 3 is 1.84 bits per heavy atom. The Bertz CT molecular complexity index is 274. The molecule has 0 aromatic carbocycles. The molecule has 0 aliphatic rings. The molecule has 0 fully saturated rings. The van der Waals surface area contributed by atoms with E-state index in [1.807, 2.05) is 0 Å². The summed E-state index contributed by atoms with van der Waals surface area (Å²) in [5.74, 6) is -2.68. The van der Waals surface area contributed by atoms with Gasteiger partial charge in [0.05, 0.1) is 5.91 Å². The Morgan fingerprint density at radius 1 is 1.37 bits per heavy atom. The maximum atomic E-state index is 10.2. The smallest absolute Gasteiger partial charge is 0.643 e. The number of hydrogen-bond acceptors (Lipinski definition) is 8. The normalized spacial score (nSPS) is 9.00. The number of nitrogens with zero attached hydrogens (tertiary/aromatic N) is 2. The molecule has 1 radical (unpaired) electrons. The maximum absolute atomic E-state index is 10.2. The number of nitrogens with two attached hydrogens (primary N) is 2. The Balaban J connectivity index is -0.0000000982. The number of aliphatic carboxylic acids is 2. The van der Waals surface area contributed by atoms with Crippen molar-refractivity contribution < 1.29 is 41.4 Å². The molecule has 0 aromatic rings. The van der Waals surface area contributed by atoms with Crippen molar-refractivity contribution in [3.8, 4) is 0 Å². The summed E-state index contributed by atoms with van der Waals surface area (Å²) in [5, 5.41) is 27.9. The molecule has 6 N–H and O–H groups in total. The Morgan fingerprint density at radius 2 is 1.68 bits per heavy atom. The third kappa shape index (κ3) is 38.6. The van der Waals surface area contributed by atoms with Gasteiger partial charge in [-0.2, -0.15) is 0 Å². The molecule has 0 saturated carbocycles. The van der Waals surface area contributed by atoms with Crippen LogP contribution in [-0.2, 0) is 31.2 Å². The molecular weight excluding hydrogens is 311 g/mol. The maximum Gasteiger partial charge on any atom is 2.00 e. The van der Waals surface area contributed by atoms with Gasteiger partial charge in [0.2, 0.25) is 0 Å². The van der Waals surface area contributed by atoms with Crippen molar-refractivity contribution in [3.63, 3.8) is 0 Å². The first-order valence-corrected chi connectivity index (χ1v) is 4.28. The van der Waals surface area contributed by atoms with Gasteiger partial charge in [0.1, 0.15) is 6.04 Å². The van der Waals surface area contributed by atoms with Crippen LogP contribution < -0.4 is 11.5 Å². The molecule has 0 aromatic heterocycles. The van der Waals surface area contributed by atoms with Gasteiger partial charge >= 0.3 is 22.7 Å². The van der Waals surface area contributed by atoms with Crippen LogP contribution in [0, 0.1) is 10.1 Å². The largest absolute Gasteiger partial charge is 2.00 e. The predicted octanol–water partition coefficient (Wildman–Crippen LogP) is -1.40. The summed E-state index contributed by atoms with van der Waals surface area (Å²) in [5.41, 5.74) is 9.66. The third-order valence-corrected chi connectivity index (χ3v) is 0.955. The van der Waals surface area contributed by atoms with Crippen LogP contribution in [0.25, 0.3) is 5.32 Å². The quantitative estimate of drug-likeness (QED) is 0.353. The molecule has 1 atom stereocenters. The molecule has 19 heavy (non-hydrogen) atoms. The van der Waals surface area contributed by atoms with Crippen molar-refractivity contribution in [3.05, 3.63) is 15.4 Å². The van der Waals surface area contributed by atoms with E-state index in [2.05, 4.69) is 5.32 Å². The summed E-state index contributed by atoms with van der Waals surface area (Å²) in [6.07, 6.45) is 0. The number of carbonyl (C=O) groups excluding carboxylic acids is 1. The third-order valence-electron chi connectivity index (χ3n) is 0.955. The van der Waals surface area contributed by atoms with Gasteiger partial charge in [-0.3, -0.25) is 9.59 Å². The van der Waals surface area contributed by atoms with Gasteiger partial charge < -0.3 is 41.9 Å². The number of carboxylic acids is 2. The van der Waals surface area contributed by atoms with Crippen LogP contribution in [0.2, 0.25) is 0 Å². The molecule has 11 nitrogen and oxygen atoms in total. The van der Waals surface area contributed by atoms with E-state index in [0.29, 0.717) is 0 Å². The van der Waals surface area contributed by atoms with E-state index in [1.54, 1.807) is 0 Å². The van der Waals surface area contributed by atoms with E-state index >= 15 is 0 Å². The van der Waals surface area contributed by atoms with Gasteiger partial charge in [-0.15, -0.1) is 5.34 Å². The molecule has 0 aliphatic carbocycles. The summed E-state index contributed by atoms with van der Waals surface area (Å²) in [6.45, 7) is 0.700. The fourth-order valence-electron chi connectivity index (χ4n) is 0.220. The van der Waals surface area contributed by atoms with Crippen molar-refractivity contribution in [2.75, 3.05) is 13.1 Å². The fraction of sp³-hybridized carbons (Fsp3) is 0.571. The van der Waals surface area contributed by atoms with Gasteiger partial charge in [-0.1, -0.05) is 0 Å². The molecule has 0 aliphatic heterocycles. The van der Waals surface area contributed by atoms with Gasteiger partial charge in [-0.25, -0.2) is 0 Å². The van der Waals surface area contributed by atoms with E-state index in [9.17, 15) is 14.4 Å². The number of amides is 1. The van der Waals surface area contributed by atoms with E-state index < -0.39 is 30.4 Å². The topological polar surface area (TPSA) is 210 Å². The van der Waals surface area contributed by atoms with Gasteiger partial charge in [-0.05, 0) is 13.5 Å². The predicted molar refractivity (Wildman–Crippen MR) is 60.4 cm³/mol. The fourth-order valence-corrected chi connectivity index (χ4v) is 0.220. The van der Waals surface area contributed by atoms with Crippen LogP contribution in [0.4, 0.5) is 0 Å². The standard InChI is InChI=1S/C4H8N2O3.C3H7NO2.Co.HNO2/c5-1-3(7)6-2-4(8)9;1-2(4)3(5)6;;2-1-3/h1-2,5H2,(H2,6,7,8,9);2H,4H2,1H3,(H,5,6);;(H,2,3)/q;;+2;/p-2. The molecule has 0 bridgehead atoms. The van der Waals surface area contributed by atoms with E-state index in [1.165, 1.54) is 6.92 Å². The zero-order chi connectivity index (χ0) is 15.1. The molecule has 0 heterocycles. The van der Waals surface area contributed by atoms with Crippen LogP contribution in [0.15, 0.2) is 5.34 Å². The molecule has 0 spiro atoms.